The van der Waals surface area contributed by atoms with E-state index in [-0.39, 0.29) is 19.1 Å². The molecule has 0 radical (unpaired) electrons. The number of hydrogen-bond donors (Lipinski definition) is 1. The van der Waals surface area contributed by atoms with Gasteiger partial charge in [-0.1, -0.05) is 17.7 Å². The molecule has 33 heavy (non-hydrogen) atoms. The fraction of sp³-hybridized carbons (Fsp3) is 0.650. The van der Waals surface area contributed by atoms with E-state index in [1.807, 2.05) is 12.1 Å². The molecule has 1 amide bonds. The highest BCUT2D eigenvalue weighted by Crippen LogP contribution is 2.30. The number of sulfonamides is 1. The third kappa shape index (κ3) is 7.36. The van der Waals surface area contributed by atoms with Gasteiger partial charge in [0.05, 0.1) is 6.26 Å². The highest BCUT2D eigenvalue weighted by molar-refractivity contribution is 7.88. The number of carbonyl (C=O) groups excluding carboxylic acids is 1. The molecule has 0 spiro atoms. The summed E-state index contributed by atoms with van der Waals surface area (Å²) in [5, 5.41) is 0.569. The van der Waals surface area contributed by atoms with Crippen LogP contribution in [0, 0.1) is 0 Å². The van der Waals surface area contributed by atoms with Gasteiger partial charge in [0.2, 0.25) is 10.0 Å². The summed E-state index contributed by atoms with van der Waals surface area (Å²) in [5.74, 6) is 0. The molecule has 1 N–H and O–H groups in total. The number of rotatable bonds is 6. The molecule has 1 aromatic rings. The number of nitrogens with one attached hydrogen (secondary N) is 1. The largest absolute Gasteiger partial charge is 0.437 e. The van der Waals surface area contributed by atoms with Crippen LogP contribution in [0.2, 0.25) is 5.02 Å². The first-order valence-corrected chi connectivity index (χ1v) is 12.8. The maximum Gasteiger partial charge on any atom is 0.425 e. The van der Waals surface area contributed by atoms with Crippen LogP contribution in [0.1, 0.15) is 18.9 Å². The minimum absolute atomic E-state index is 0.180. The molecule has 0 saturated carbocycles. The molecule has 1 unspecified atom stereocenters. The Hall–Kier alpha value is -1.76. The zero-order valence-electron chi connectivity index (χ0n) is 18.4. The van der Waals surface area contributed by atoms with Crippen LogP contribution >= 0.6 is 11.6 Å². The third-order valence-electron chi connectivity index (χ3n) is 5.72. The Morgan fingerprint density at radius 1 is 1.24 bits per heavy atom. The molecule has 2 aliphatic heterocycles. The van der Waals surface area contributed by atoms with Crippen LogP contribution < -0.4 is 9.62 Å². The second-order valence-corrected chi connectivity index (χ2v) is 10.6. The Morgan fingerprint density at radius 2 is 1.91 bits per heavy atom. The standard InChI is InChI=1S/C20H28ClF3N4O4S/c1-14(20(22,23)24)32-19(29)27-9-7-26(8-10-27)12-15-3-4-16(21)11-18(15)28-6-5-17(13-28)25-33(2,30)31/h3-4,11,14,17,25H,5-10,12-13H2,1-2H3/t14?,17-/m0/s1. The summed E-state index contributed by atoms with van der Waals surface area (Å²) in [7, 11) is -3.30. The fourth-order valence-corrected chi connectivity index (χ4v) is 4.93. The van der Waals surface area contributed by atoms with Gasteiger partial charge in [-0.2, -0.15) is 13.2 Å². The van der Waals surface area contributed by atoms with Crippen molar-refractivity contribution >= 4 is 33.4 Å². The first-order valence-electron chi connectivity index (χ1n) is 10.6. The molecule has 3 rings (SSSR count). The van der Waals surface area contributed by atoms with E-state index in [0.717, 1.165) is 24.4 Å². The number of ether oxygens (including phenoxy) is 1. The molecule has 2 aliphatic rings. The van der Waals surface area contributed by atoms with Crippen molar-refractivity contribution in [2.24, 2.45) is 0 Å². The van der Waals surface area contributed by atoms with E-state index >= 15 is 0 Å². The van der Waals surface area contributed by atoms with Crippen molar-refractivity contribution in [3.63, 3.8) is 0 Å². The lowest BCUT2D eigenvalue weighted by Crippen LogP contribution is -2.49. The molecular formula is C20H28ClF3N4O4S. The van der Waals surface area contributed by atoms with E-state index in [0.29, 0.717) is 44.2 Å². The van der Waals surface area contributed by atoms with E-state index in [1.54, 1.807) is 6.07 Å². The Labute approximate surface area is 196 Å². The number of hydrogen-bond acceptors (Lipinski definition) is 6. The van der Waals surface area contributed by atoms with Gasteiger partial charge in [0, 0.05) is 62.6 Å². The fourth-order valence-electron chi connectivity index (χ4n) is 3.97. The molecule has 13 heteroatoms. The van der Waals surface area contributed by atoms with Gasteiger partial charge < -0.3 is 14.5 Å². The predicted octanol–water partition coefficient (Wildman–Crippen LogP) is 2.67. The topological polar surface area (TPSA) is 82.2 Å². The molecule has 0 bridgehead atoms. The first-order chi connectivity index (χ1) is 15.3. The van der Waals surface area contributed by atoms with Gasteiger partial charge in [-0.05, 0) is 31.0 Å². The second-order valence-electron chi connectivity index (χ2n) is 8.43. The van der Waals surface area contributed by atoms with Gasteiger partial charge in [-0.15, -0.1) is 0 Å². The molecule has 186 valence electrons. The molecule has 2 saturated heterocycles. The number of carbonyl (C=O) groups is 1. The Morgan fingerprint density at radius 3 is 2.52 bits per heavy atom. The minimum Gasteiger partial charge on any atom is -0.437 e. The zero-order valence-corrected chi connectivity index (χ0v) is 20.0. The van der Waals surface area contributed by atoms with Crippen LogP contribution in [0.15, 0.2) is 18.2 Å². The lowest BCUT2D eigenvalue weighted by molar-refractivity contribution is -0.200. The van der Waals surface area contributed by atoms with Crippen LogP contribution in [0.3, 0.4) is 0 Å². The summed E-state index contributed by atoms with van der Waals surface area (Å²) in [6.45, 7) is 4.06. The summed E-state index contributed by atoms with van der Waals surface area (Å²) >= 11 is 6.22. The molecule has 2 heterocycles. The number of halogens is 4. The van der Waals surface area contributed by atoms with Crippen LogP contribution in [0.4, 0.5) is 23.7 Å². The molecule has 1 aromatic carbocycles. The van der Waals surface area contributed by atoms with Crippen molar-refractivity contribution in [2.45, 2.75) is 38.2 Å². The van der Waals surface area contributed by atoms with E-state index in [2.05, 4.69) is 19.3 Å². The molecule has 0 aliphatic carbocycles. The summed E-state index contributed by atoms with van der Waals surface area (Å²) < 4.78 is 68.1. The first kappa shape index (κ1) is 25.9. The number of anilines is 1. The zero-order chi connectivity index (χ0) is 24.4. The lowest BCUT2D eigenvalue weighted by Gasteiger charge is -2.35. The van der Waals surface area contributed by atoms with Crippen LogP contribution in [-0.2, 0) is 21.3 Å². The lowest BCUT2D eigenvalue weighted by atomic mass is 10.1. The average Bonchev–Trinajstić information content (AvgIpc) is 3.15. The van der Waals surface area contributed by atoms with Crippen LogP contribution in [0.25, 0.3) is 0 Å². The van der Waals surface area contributed by atoms with Crippen LogP contribution in [-0.4, -0.2) is 88.2 Å². The molecule has 0 aromatic heterocycles. The van der Waals surface area contributed by atoms with Gasteiger partial charge in [0.1, 0.15) is 0 Å². The molecule has 2 atom stereocenters. The predicted molar refractivity (Wildman–Crippen MR) is 119 cm³/mol. The van der Waals surface area contributed by atoms with Gasteiger partial charge in [0.15, 0.2) is 6.10 Å². The minimum atomic E-state index is -4.59. The average molecular weight is 513 g/mol. The quantitative estimate of drug-likeness (QED) is 0.631. The van der Waals surface area contributed by atoms with E-state index in [1.165, 1.54) is 4.90 Å². The van der Waals surface area contributed by atoms with Crippen molar-refractivity contribution in [1.29, 1.82) is 0 Å². The van der Waals surface area contributed by atoms with Gasteiger partial charge in [-0.25, -0.2) is 17.9 Å². The third-order valence-corrected chi connectivity index (χ3v) is 6.72. The second kappa shape index (κ2) is 10.2. The van der Waals surface area contributed by atoms with Crippen molar-refractivity contribution in [3.05, 3.63) is 28.8 Å². The Kier molecular flexibility index (Phi) is 8.03. The van der Waals surface area contributed by atoms with Crippen molar-refractivity contribution in [2.75, 3.05) is 50.4 Å². The SMILES string of the molecule is CC(OC(=O)N1CCN(Cc2ccc(Cl)cc2N2CC[C@H](NS(C)(=O)=O)C2)CC1)C(F)(F)F. The number of piperazine rings is 1. The smallest absolute Gasteiger partial charge is 0.425 e. The normalized spacial score (nSPS) is 21.3. The van der Waals surface area contributed by atoms with Gasteiger partial charge in [0.25, 0.3) is 0 Å². The van der Waals surface area contributed by atoms with E-state index in [4.69, 9.17) is 11.6 Å². The van der Waals surface area contributed by atoms with Crippen LogP contribution in [0.5, 0.6) is 0 Å². The van der Waals surface area contributed by atoms with Crippen molar-refractivity contribution in [1.82, 2.24) is 14.5 Å². The number of nitrogens with zero attached hydrogens (tertiary/aromatic N) is 3. The molecule has 2 fully saturated rings. The highest BCUT2D eigenvalue weighted by Gasteiger charge is 2.40. The monoisotopic (exact) mass is 512 g/mol. The summed E-state index contributed by atoms with van der Waals surface area (Å²) in [5.41, 5.74) is 1.92. The molecular weight excluding hydrogens is 485 g/mol. The van der Waals surface area contributed by atoms with E-state index < -0.39 is 28.4 Å². The highest BCUT2D eigenvalue weighted by atomic mass is 35.5. The Balaban J connectivity index is 1.59. The summed E-state index contributed by atoms with van der Waals surface area (Å²) in [4.78, 5) is 17.5. The van der Waals surface area contributed by atoms with Gasteiger partial charge >= 0.3 is 12.3 Å². The maximum absolute atomic E-state index is 12.6. The molecule has 8 nitrogen and oxygen atoms in total. The van der Waals surface area contributed by atoms with Gasteiger partial charge in [-0.3, -0.25) is 4.90 Å². The number of benzene rings is 1. The number of alkyl halides is 3. The Bertz CT molecular complexity index is 955. The number of amides is 1. The van der Waals surface area contributed by atoms with E-state index in [9.17, 15) is 26.4 Å². The summed E-state index contributed by atoms with van der Waals surface area (Å²) in [6.07, 6.45) is -5.89. The van der Waals surface area contributed by atoms with Crippen molar-refractivity contribution < 1.29 is 31.1 Å². The maximum atomic E-state index is 12.6. The summed E-state index contributed by atoms with van der Waals surface area (Å²) in [6, 6.07) is 5.38. The van der Waals surface area contributed by atoms with Crippen molar-refractivity contribution in [3.8, 4) is 0 Å².